The topological polar surface area (TPSA) is 66.7 Å². The van der Waals surface area contributed by atoms with Gasteiger partial charge in [0.1, 0.15) is 5.76 Å². The number of hydrogen-bond acceptors (Lipinski definition) is 4. The predicted octanol–water partition coefficient (Wildman–Crippen LogP) is 3.21. The SMILES string of the molecule is CCC1CN(C(=O)c2cc(C3CC3)on2)CCC(=O)N1Cc1ccccc1. The summed E-state index contributed by atoms with van der Waals surface area (Å²) in [6, 6.07) is 11.8. The summed E-state index contributed by atoms with van der Waals surface area (Å²) < 4.78 is 5.33. The molecule has 1 unspecified atom stereocenters. The third-order valence-corrected chi connectivity index (χ3v) is 5.47. The van der Waals surface area contributed by atoms with Crippen molar-refractivity contribution in [3.05, 3.63) is 53.4 Å². The Labute approximate surface area is 159 Å². The molecule has 1 aromatic carbocycles. The van der Waals surface area contributed by atoms with Crippen molar-refractivity contribution >= 4 is 11.8 Å². The molecule has 0 radical (unpaired) electrons. The van der Waals surface area contributed by atoms with Crippen molar-refractivity contribution in [1.29, 1.82) is 0 Å². The summed E-state index contributed by atoms with van der Waals surface area (Å²) in [5.74, 6) is 1.19. The summed E-state index contributed by atoms with van der Waals surface area (Å²) in [7, 11) is 0. The van der Waals surface area contributed by atoms with Gasteiger partial charge in [-0.25, -0.2) is 0 Å². The minimum Gasteiger partial charge on any atom is -0.360 e. The number of benzene rings is 1. The zero-order valence-electron chi connectivity index (χ0n) is 15.6. The lowest BCUT2D eigenvalue weighted by Crippen LogP contribution is -2.43. The van der Waals surface area contributed by atoms with Crippen molar-refractivity contribution in [2.24, 2.45) is 0 Å². The first kappa shape index (κ1) is 17.8. The quantitative estimate of drug-likeness (QED) is 0.814. The lowest BCUT2D eigenvalue weighted by molar-refractivity contribution is -0.133. The molecule has 1 aliphatic carbocycles. The van der Waals surface area contributed by atoms with Gasteiger partial charge in [0.2, 0.25) is 5.91 Å². The molecule has 4 rings (SSSR count). The first-order valence-electron chi connectivity index (χ1n) is 9.75. The summed E-state index contributed by atoms with van der Waals surface area (Å²) in [5.41, 5.74) is 1.46. The van der Waals surface area contributed by atoms with Crippen LogP contribution >= 0.6 is 0 Å². The molecule has 2 fully saturated rings. The number of amides is 2. The summed E-state index contributed by atoms with van der Waals surface area (Å²) in [6.45, 7) is 3.59. The van der Waals surface area contributed by atoms with Crippen molar-refractivity contribution < 1.29 is 14.1 Å². The van der Waals surface area contributed by atoms with Crippen LogP contribution in [0.2, 0.25) is 0 Å². The van der Waals surface area contributed by atoms with E-state index in [1.807, 2.05) is 35.2 Å². The fourth-order valence-corrected chi connectivity index (χ4v) is 3.67. The minimum absolute atomic E-state index is 0.000963. The van der Waals surface area contributed by atoms with Crippen LogP contribution in [0.25, 0.3) is 0 Å². The molecular formula is C21H25N3O3. The van der Waals surface area contributed by atoms with Gasteiger partial charge in [0.05, 0.1) is 0 Å². The van der Waals surface area contributed by atoms with Crippen molar-refractivity contribution in [2.45, 2.75) is 51.1 Å². The van der Waals surface area contributed by atoms with Gasteiger partial charge in [0.25, 0.3) is 5.91 Å². The van der Waals surface area contributed by atoms with Crippen LogP contribution in [0.3, 0.4) is 0 Å². The maximum absolute atomic E-state index is 12.9. The van der Waals surface area contributed by atoms with Crippen LogP contribution in [0.4, 0.5) is 0 Å². The van der Waals surface area contributed by atoms with E-state index in [1.54, 1.807) is 11.0 Å². The smallest absolute Gasteiger partial charge is 0.276 e. The summed E-state index contributed by atoms with van der Waals surface area (Å²) in [6.07, 6.45) is 3.34. The van der Waals surface area contributed by atoms with E-state index in [4.69, 9.17) is 4.52 Å². The average Bonchev–Trinajstić information content (AvgIpc) is 3.45. The highest BCUT2D eigenvalue weighted by Crippen LogP contribution is 2.40. The molecule has 6 heteroatoms. The zero-order valence-corrected chi connectivity index (χ0v) is 15.6. The highest BCUT2D eigenvalue weighted by molar-refractivity contribution is 5.93. The Morgan fingerprint density at radius 1 is 1.26 bits per heavy atom. The van der Waals surface area contributed by atoms with E-state index in [0.29, 0.717) is 37.7 Å². The van der Waals surface area contributed by atoms with Gasteiger partial charge >= 0.3 is 0 Å². The van der Waals surface area contributed by atoms with E-state index in [0.717, 1.165) is 30.6 Å². The average molecular weight is 367 g/mol. The van der Waals surface area contributed by atoms with Gasteiger partial charge in [-0.05, 0) is 24.8 Å². The molecule has 0 N–H and O–H groups in total. The lowest BCUT2D eigenvalue weighted by Gasteiger charge is -2.31. The van der Waals surface area contributed by atoms with Crippen molar-refractivity contribution in [3.63, 3.8) is 0 Å². The maximum Gasteiger partial charge on any atom is 0.276 e. The highest BCUT2D eigenvalue weighted by atomic mass is 16.5. The van der Waals surface area contributed by atoms with Crippen LogP contribution in [0, 0.1) is 0 Å². The number of rotatable bonds is 5. The van der Waals surface area contributed by atoms with E-state index in [1.165, 1.54) is 0 Å². The molecular weight excluding hydrogens is 342 g/mol. The number of carbonyl (C=O) groups excluding carboxylic acids is 2. The number of nitrogens with zero attached hydrogens (tertiary/aromatic N) is 3. The summed E-state index contributed by atoms with van der Waals surface area (Å²) in [5, 5.41) is 3.98. The molecule has 2 aliphatic rings. The van der Waals surface area contributed by atoms with Gasteiger partial charge in [-0.1, -0.05) is 42.4 Å². The zero-order chi connectivity index (χ0) is 18.8. The molecule has 1 atom stereocenters. The van der Waals surface area contributed by atoms with Gasteiger partial charge in [-0.3, -0.25) is 9.59 Å². The second kappa shape index (κ2) is 7.55. The molecule has 2 heterocycles. The first-order chi connectivity index (χ1) is 13.2. The standard InChI is InChI=1S/C21H25N3O3/c1-2-17-14-23(21(26)18-12-19(27-22-18)16-8-9-16)11-10-20(25)24(17)13-15-6-4-3-5-7-15/h3-7,12,16-17H,2,8-11,13-14H2,1H3. The molecule has 1 saturated carbocycles. The maximum atomic E-state index is 12.9. The Bertz CT molecular complexity index is 813. The van der Waals surface area contributed by atoms with Crippen LogP contribution in [-0.4, -0.2) is 45.9 Å². The van der Waals surface area contributed by atoms with Crippen LogP contribution < -0.4 is 0 Å². The van der Waals surface area contributed by atoms with Gasteiger partial charge in [-0.15, -0.1) is 0 Å². The normalized spacial score (nSPS) is 20.6. The van der Waals surface area contributed by atoms with E-state index < -0.39 is 0 Å². The van der Waals surface area contributed by atoms with Crippen LogP contribution in [0.5, 0.6) is 0 Å². The second-order valence-corrected chi connectivity index (χ2v) is 7.46. The van der Waals surface area contributed by atoms with E-state index in [-0.39, 0.29) is 17.9 Å². The fraction of sp³-hybridized carbons (Fsp3) is 0.476. The minimum atomic E-state index is -0.140. The number of hydrogen-bond donors (Lipinski definition) is 0. The van der Waals surface area contributed by atoms with Crippen LogP contribution in [-0.2, 0) is 11.3 Å². The third kappa shape index (κ3) is 3.89. The Kier molecular flexibility index (Phi) is 4.97. The molecule has 6 nitrogen and oxygen atoms in total. The summed E-state index contributed by atoms with van der Waals surface area (Å²) in [4.78, 5) is 29.3. The van der Waals surface area contributed by atoms with Crippen molar-refractivity contribution in [2.75, 3.05) is 13.1 Å². The molecule has 1 aliphatic heterocycles. The molecule has 1 saturated heterocycles. The third-order valence-electron chi connectivity index (χ3n) is 5.47. The van der Waals surface area contributed by atoms with E-state index in [9.17, 15) is 9.59 Å². The first-order valence-corrected chi connectivity index (χ1v) is 9.75. The van der Waals surface area contributed by atoms with Crippen LogP contribution in [0.1, 0.15) is 60.3 Å². The molecule has 27 heavy (non-hydrogen) atoms. The molecule has 2 aromatic rings. The Hall–Kier alpha value is -2.63. The monoisotopic (exact) mass is 367 g/mol. The number of carbonyl (C=O) groups is 2. The van der Waals surface area contributed by atoms with E-state index >= 15 is 0 Å². The predicted molar refractivity (Wildman–Crippen MR) is 100 cm³/mol. The van der Waals surface area contributed by atoms with Gasteiger partial charge < -0.3 is 14.3 Å². The van der Waals surface area contributed by atoms with Crippen molar-refractivity contribution in [3.8, 4) is 0 Å². The Balaban J connectivity index is 1.49. The Morgan fingerprint density at radius 3 is 2.74 bits per heavy atom. The molecule has 0 bridgehead atoms. The van der Waals surface area contributed by atoms with Crippen molar-refractivity contribution in [1.82, 2.24) is 15.0 Å². The highest BCUT2D eigenvalue weighted by Gasteiger charge is 2.33. The van der Waals surface area contributed by atoms with E-state index in [2.05, 4.69) is 12.1 Å². The summed E-state index contributed by atoms with van der Waals surface area (Å²) >= 11 is 0. The van der Waals surface area contributed by atoms with Gasteiger partial charge in [0.15, 0.2) is 5.69 Å². The molecule has 1 aromatic heterocycles. The largest absolute Gasteiger partial charge is 0.360 e. The van der Waals surface area contributed by atoms with Crippen LogP contribution in [0.15, 0.2) is 40.9 Å². The fourth-order valence-electron chi connectivity index (χ4n) is 3.67. The molecule has 2 amide bonds. The van der Waals surface area contributed by atoms with Gasteiger partial charge in [0, 0.05) is 44.1 Å². The lowest BCUT2D eigenvalue weighted by atomic mass is 10.1. The number of aromatic nitrogens is 1. The molecule has 0 spiro atoms. The Morgan fingerprint density at radius 2 is 2.04 bits per heavy atom. The molecule has 142 valence electrons. The second-order valence-electron chi connectivity index (χ2n) is 7.46. The van der Waals surface area contributed by atoms with Gasteiger partial charge in [-0.2, -0.15) is 0 Å².